The highest BCUT2D eigenvalue weighted by molar-refractivity contribution is 7.89. The van der Waals surface area contributed by atoms with E-state index >= 15 is 0 Å². The van der Waals surface area contributed by atoms with Crippen LogP contribution >= 0.6 is 11.3 Å². The Morgan fingerprint density at radius 1 is 1.32 bits per heavy atom. The van der Waals surface area contributed by atoms with E-state index in [0.29, 0.717) is 18.8 Å². The van der Waals surface area contributed by atoms with Crippen molar-refractivity contribution in [2.24, 2.45) is 16.7 Å². The molecule has 1 N–H and O–H groups in total. The van der Waals surface area contributed by atoms with Crippen molar-refractivity contribution in [1.29, 1.82) is 0 Å². The molecule has 0 spiro atoms. The van der Waals surface area contributed by atoms with Crippen molar-refractivity contribution in [2.75, 3.05) is 5.75 Å². The van der Waals surface area contributed by atoms with Gasteiger partial charge in [-0.1, -0.05) is 26.0 Å². The smallest absolute Gasteiger partial charge is 0.212 e. The molecule has 0 amide bonds. The van der Waals surface area contributed by atoms with Crippen LogP contribution in [0, 0.1) is 16.7 Å². The van der Waals surface area contributed by atoms with E-state index in [9.17, 15) is 13.2 Å². The van der Waals surface area contributed by atoms with E-state index in [4.69, 9.17) is 0 Å². The summed E-state index contributed by atoms with van der Waals surface area (Å²) in [4.78, 5) is 17.0. The standard InChI is InChI=1S/C18H22N2O3S2/c1-17(2)12-7-8-18(17,15(21)9-12)11-25(22,23)19-10-16-20-13-5-3-4-6-14(13)24-16/h3-6,12,19H,7-11H2,1-2H3/t12-,18+/m0/s1. The summed E-state index contributed by atoms with van der Waals surface area (Å²) < 4.78 is 29.1. The second-order valence-corrected chi connectivity index (χ2v) is 10.7. The minimum atomic E-state index is -3.55. The lowest BCUT2D eigenvalue weighted by molar-refractivity contribution is -0.128. The number of thiazole rings is 1. The van der Waals surface area contributed by atoms with Gasteiger partial charge in [0.2, 0.25) is 10.0 Å². The van der Waals surface area contributed by atoms with Gasteiger partial charge in [0.15, 0.2) is 0 Å². The molecule has 134 valence electrons. The number of carbonyl (C=O) groups excluding carboxylic acids is 1. The Morgan fingerprint density at radius 2 is 2.08 bits per heavy atom. The fourth-order valence-corrected chi connectivity index (χ4v) is 7.43. The predicted octanol–water partition coefficient (Wildman–Crippen LogP) is 3.11. The average Bonchev–Trinajstić information content (AvgIpc) is 3.12. The SMILES string of the molecule is CC1(C)[C@H]2CC[C@@]1(CS(=O)(=O)NCc1nc3ccccc3s1)C(=O)C2. The summed E-state index contributed by atoms with van der Waals surface area (Å²) >= 11 is 1.49. The van der Waals surface area contributed by atoms with Crippen LogP contribution in [0.25, 0.3) is 10.2 Å². The van der Waals surface area contributed by atoms with Crippen molar-refractivity contribution in [3.8, 4) is 0 Å². The van der Waals surface area contributed by atoms with E-state index in [0.717, 1.165) is 21.6 Å². The van der Waals surface area contributed by atoms with Crippen molar-refractivity contribution >= 4 is 37.4 Å². The van der Waals surface area contributed by atoms with Crippen molar-refractivity contribution in [2.45, 2.75) is 39.7 Å². The third-order valence-electron chi connectivity index (χ3n) is 6.36. The highest BCUT2D eigenvalue weighted by Gasteiger charge is 2.65. The van der Waals surface area contributed by atoms with Crippen molar-refractivity contribution < 1.29 is 13.2 Å². The normalized spacial score (nSPS) is 28.1. The van der Waals surface area contributed by atoms with Gasteiger partial charge in [-0.15, -0.1) is 11.3 Å². The second-order valence-electron chi connectivity index (χ2n) is 7.82. The Kier molecular flexibility index (Phi) is 3.83. The minimum absolute atomic E-state index is 0.104. The van der Waals surface area contributed by atoms with Gasteiger partial charge in [-0.2, -0.15) is 0 Å². The van der Waals surface area contributed by atoms with E-state index in [2.05, 4.69) is 23.6 Å². The van der Waals surface area contributed by atoms with Gasteiger partial charge in [-0.05, 0) is 36.3 Å². The van der Waals surface area contributed by atoms with E-state index in [1.165, 1.54) is 11.3 Å². The van der Waals surface area contributed by atoms with Crippen molar-refractivity contribution in [3.63, 3.8) is 0 Å². The first-order valence-electron chi connectivity index (χ1n) is 8.59. The van der Waals surface area contributed by atoms with Crippen molar-refractivity contribution in [3.05, 3.63) is 29.3 Å². The van der Waals surface area contributed by atoms with Crippen LogP contribution in [0.3, 0.4) is 0 Å². The molecule has 4 rings (SSSR count). The number of hydrogen-bond donors (Lipinski definition) is 1. The largest absolute Gasteiger partial charge is 0.299 e. The number of carbonyl (C=O) groups is 1. The van der Waals surface area contributed by atoms with Crippen molar-refractivity contribution in [1.82, 2.24) is 9.71 Å². The summed E-state index contributed by atoms with van der Waals surface area (Å²) in [6.45, 7) is 4.28. The van der Waals surface area contributed by atoms with Crippen LogP contribution in [0.5, 0.6) is 0 Å². The molecule has 2 saturated carbocycles. The van der Waals surface area contributed by atoms with Gasteiger partial charge in [-0.25, -0.2) is 18.1 Å². The fraction of sp³-hybridized carbons (Fsp3) is 0.556. The van der Waals surface area contributed by atoms with Gasteiger partial charge in [0, 0.05) is 11.8 Å². The summed E-state index contributed by atoms with van der Waals surface area (Å²) in [6.07, 6.45) is 2.16. The lowest BCUT2D eigenvalue weighted by Crippen LogP contribution is -2.45. The summed E-state index contributed by atoms with van der Waals surface area (Å²) in [5, 5.41) is 0.739. The van der Waals surface area contributed by atoms with Gasteiger partial charge < -0.3 is 0 Å². The maximum Gasteiger partial charge on any atom is 0.212 e. The van der Waals surface area contributed by atoms with E-state index in [1.54, 1.807) is 0 Å². The molecule has 2 aliphatic carbocycles. The molecule has 5 nitrogen and oxygen atoms in total. The zero-order valence-corrected chi connectivity index (χ0v) is 16.0. The average molecular weight is 379 g/mol. The molecule has 2 atom stereocenters. The van der Waals surface area contributed by atoms with Crippen LogP contribution in [-0.2, 0) is 21.4 Å². The number of aromatic nitrogens is 1. The van der Waals surface area contributed by atoms with E-state index in [1.807, 2.05) is 24.3 Å². The molecule has 0 unspecified atom stereocenters. The number of benzene rings is 1. The Balaban J connectivity index is 1.51. The summed E-state index contributed by atoms with van der Waals surface area (Å²) in [5.41, 5.74) is -0.0859. The zero-order chi connectivity index (χ0) is 17.9. The van der Waals surface area contributed by atoms with E-state index < -0.39 is 15.4 Å². The second kappa shape index (κ2) is 5.59. The number of nitrogens with one attached hydrogen (secondary N) is 1. The first kappa shape index (κ1) is 17.1. The van der Waals surface area contributed by atoms with Crippen LogP contribution in [-0.4, -0.2) is 24.9 Å². The third kappa shape index (κ3) is 2.64. The number of Topliss-reactive ketones (excluding diaryl/α,β-unsaturated/α-hetero) is 1. The maximum absolute atomic E-state index is 12.7. The number of para-hydroxylation sites is 1. The lowest BCUT2D eigenvalue weighted by Gasteiger charge is -2.36. The molecule has 2 bridgehead atoms. The Bertz CT molecular complexity index is 915. The molecular formula is C18H22N2O3S2. The number of hydrogen-bond acceptors (Lipinski definition) is 5. The molecule has 7 heteroatoms. The predicted molar refractivity (Wildman–Crippen MR) is 98.8 cm³/mol. The van der Waals surface area contributed by atoms with Crippen LogP contribution in [0.4, 0.5) is 0 Å². The van der Waals surface area contributed by atoms with Crippen LogP contribution in [0.1, 0.15) is 38.1 Å². The summed E-state index contributed by atoms with van der Waals surface area (Å²) in [6, 6.07) is 7.75. The Labute approximate surface area is 151 Å². The molecule has 0 saturated heterocycles. The summed E-state index contributed by atoms with van der Waals surface area (Å²) in [5.74, 6) is 0.339. The molecule has 2 aliphatic rings. The van der Waals surface area contributed by atoms with Gasteiger partial charge in [-0.3, -0.25) is 4.79 Å². The zero-order valence-electron chi connectivity index (χ0n) is 14.4. The number of ketones is 1. The Hall–Kier alpha value is -1.31. The third-order valence-corrected chi connectivity index (χ3v) is 8.85. The molecule has 1 aromatic heterocycles. The van der Waals surface area contributed by atoms with Crippen LogP contribution < -0.4 is 4.72 Å². The number of sulfonamides is 1. The molecule has 2 aromatic rings. The molecule has 0 aliphatic heterocycles. The van der Waals surface area contributed by atoms with Crippen LogP contribution in [0.15, 0.2) is 24.3 Å². The lowest BCUT2D eigenvalue weighted by atomic mass is 9.70. The molecule has 1 heterocycles. The number of fused-ring (bicyclic) bond motifs is 3. The van der Waals surface area contributed by atoms with Gasteiger partial charge >= 0.3 is 0 Å². The minimum Gasteiger partial charge on any atom is -0.299 e. The first-order chi connectivity index (χ1) is 11.7. The highest BCUT2D eigenvalue weighted by atomic mass is 32.2. The molecule has 0 radical (unpaired) electrons. The fourth-order valence-electron chi connectivity index (χ4n) is 4.65. The summed E-state index contributed by atoms with van der Waals surface area (Å²) in [7, 11) is -3.55. The number of nitrogens with zero attached hydrogens (tertiary/aromatic N) is 1. The quantitative estimate of drug-likeness (QED) is 0.867. The monoisotopic (exact) mass is 378 g/mol. The molecular weight excluding hydrogens is 356 g/mol. The molecule has 25 heavy (non-hydrogen) atoms. The van der Waals surface area contributed by atoms with Gasteiger partial charge in [0.25, 0.3) is 0 Å². The molecule has 2 fully saturated rings. The van der Waals surface area contributed by atoms with Gasteiger partial charge in [0.1, 0.15) is 10.8 Å². The molecule has 1 aromatic carbocycles. The van der Waals surface area contributed by atoms with Crippen LogP contribution in [0.2, 0.25) is 0 Å². The Morgan fingerprint density at radius 3 is 2.72 bits per heavy atom. The van der Waals surface area contributed by atoms with E-state index in [-0.39, 0.29) is 23.5 Å². The maximum atomic E-state index is 12.7. The first-order valence-corrected chi connectivity index (χ1v) is 11.1. The topological polar surface area (TPSA) is 76.1 Å². The number of rotatable bonds is 5. The highest BCUT2D eigenvalue weighted by Crippen LogP contribution is 2.64. The van der Waals surface area contributed by atoms with Gasteiger partial charge in [0.05, 0.1) is 22.5 Å².